The molecule has 0 bridgehead atoms. The Bertz CT molecular complexity index is 1160. The number of hydrogen-bond donors (Lipinski definition) is 0. The summed E-state index contributed by atoms with van der Waals surface area (Å²) in [7, 11) is 1.68. The molecule has 0 spiro atoms. The lowest BCUT2D eigenvalue weighted by Crippen LogP contribution is -1.94. The second-order valence-electron chi connectivity index (χ2n) is 6.46. The van der Waals surface area contributed by atoms with E-state index in [0.717, 1.165) is 33.2 Å². The van der Waals surface area contributed by atoms with Crippen molar-refractivity contribution in [2.24, 2.45) is 0 Å². The predicted molar refractivity (Wildman–Crippen MR) is 96.1 cm³/mol. The van der Waals surface area contributed by atoms with Gasteiger partial charge in [-0.2, -0.15) is 10.4 Å². The average molecular weight is 328 g/mol. The number of benzene rings is 2. The van der Waals surface area contributed by atoms with Gasteiger partial charge in [-0.15, -0.1) is 0 Å². The zero-order valence-corrected chi connectivity index (χ0v) is 13.8. The molecule has 2 aromatic carbocycles. The van der Waals surface area contributed by atoms with Gasteiger partial charge in [0, 0.05) is 23.2 Å². The molecular weight excluding hydrogens is 312 g/mol. The van der Waals surface area contributed by atoms with Crippen LogP contribution in [0.1, 0.15) is 24.4 Å². The molecule has 0 saturated heterocycles. The monoisotopic (exact) mass is 328 g/mol. The molecule has 0 unspecified atom stereocenters. The summed E-state index contributed by atoms with van der Waals surface area (Å²) in [5.74, 6) is 0.793. The molecule has 1 fully saturated rings. The number of aromatic nitrogens is 3. The van der Waals surface area contributed by atoms with Crippen molar-refractivity contribution >= 4 is 21.8 Å². The number of hydrogen-bond acceptors (Lipinski definition) is 3. The summed E-state index contributed by atoms with van der Waals surface area (Å²) in [5.41, 5.74) is 3.71. The van der Waals surface area contributed by atoms with Crippen LogP contribution < -0.4 is 4.74 Å². The van der Waals surface area contributed by atoms with E-state index in [1.807, 2.05) is 36.5 Å². The second-order valence-corrected chi connectivity index (χ2v) is 6.46. The molecule has 1 aliphatic carbocycles. The lowest BCUT2D eigenvalue weighted by molar-refractivity contribution is 0.418. The molecule has 0 N–H and O–H groups in total. The third-order valence-electron chi connectivity index (χ3n) is 4.85. The summed E-state index contributed by atoms with van der Waals surface area (Å²) >= 11 is 0. The number of nitriles is 1. The molecule has 5 nitrogen and oxygen atoms in total. The second kappa shape index (κ2) is 5.12. The van der Waals surface area contributed by atoms with Crippen LogP contribution in [0, 0.1) is 11.3 Å². The maximum atomic E-state index is 9.10. The van der Waals surface area contributed by atoms with Crippen LogP contribution in [-0.4, -0.2) is 21.5 Å². The average Bonchev–Trinajstić information content (AvgIpc) is 3.26. The van der Waals surface area contributed by atoms with E-state index >= 15 is 0 Å². The van der Waals surface area contributed by atoms with Gasteiger partial charge in [-0.25, -0.2) is 0 Å². The summed E-state index contributed by atoms with van der Waals surface area (Å²) < 4.78 is 9.73. The summed E-state index contributed by atoms with van der Waals surface area (Å²) in [4.78, 5) is 0. The predicted octanol–water partition coefficient (Wildman–Crippen LogP) is 4.20. The van der Waals surface area contributed by atoms with Crippen LogP contribution >= 0.6 is 0 Å². The highest BCUT2D eigenvalue weighted by Gasteiger charge is 2.26. The molecule has 0 atom stereocenters. The third kappa shape index (κ3) is 2.11. The molecule has 5 rings (SSSR count). The minimum atomic E-state index is 0.518. The van der Waals surface area contributed by atoms with Crippen LogP contribution in [-0.2, 0) is 0 Å². The van der Waals surface area contributed by atoms with Crippen LogP contribution in [0.25, 0.3) is 27.5 Å². The lowest BCUT2D eigenvalue weighted by Gasteiger charge is -2.09. The Kier molecular flexibility index (Phi) is 2.89. The van der Waals surface area contributed by atoms with E-state index in [9.17, 15) is 0 Å². The van der Waals surface area contributed by atoms with E-state index in [4.69, 9.17) is 15.1 Å². The molecule has 122 valence electrons. The quantitative estimate of drug-likeness (QED) is 0.566. The van der Waals surface area contributed by atoms with Crippen molar-refractivity contribution in [2.45, 2.75) is 18.9 Å². The fourth-order valence-corrected chi connectivity index (χ4v) is 3.41. The minimum absolute atomic E-state index is 0.518. The fourth-order valence-electron chi connectivity index (χ4n) is 3.41. The molecule has 2 aromatic heterocycles. The van der Waals surface area contributed by atoms with Crippen molar-refractivity contribution in [2.75, 3.05) is 7.11 Å². The largest absolute Gasteiger partial charge is 0.494 e. The zero-order chi connectivity index (χ0) is 17.0. The third-order valence-corrected chi connectivity index (χ3v) is 4.85. The molecule has 1 saturated carbocycles. The normalized spacial score (nSPS) is 14.1. The Morgan fingerprint density at radius 2 is 2.08 bits per heavy atom. The van der Waals surface area contributed by atoms with Gasteiger partial charge in [0.05, 0.1) is 36.0 Å². The smallest absolute Gasteiger partial charge is 0.147 e. The van der Waals surface area contributed by atoms with Gasteiger partial charge in [0.1, 0.15) is 11.3 Å². The first-order valence-corrected chi connectivity index (χ1v) is 8.36. The van der Waals surface area contributed by atoms with Crippen molar-refractivity contribution in [1.29, 1.82) is 5.26 Å². The van der Waals surface area contributed by atoms with E-state index in [1.54, 1.807) is 7.11 Å². The van der Waals surface area contributed by atoms with Gasteiger partial charge < -0.3 is 9.30 Å². The highest BCUT2D eigenvalue weighted by Crippen LogP contribution is 2.38. The van der Waals surface area contributed by atoms with Gasteiger partial charge in [-0.1, -0.05) is 0 Å². The van der Waals surface area contributed by atoms with Crippen LogP contribution in [0.3, 0.4) is 0 Å². The SMILES string of the molecule is COc1ccc(-n2ccc3cc(C#N)ccc32)c2cn(C3CC3)nc12. The lowest BCUT2D eigenvalue weighted by atomic mass is 10.1. The summed E-state index contributed by atoms with van der Waals surface area (Å²) in [5, 5.41) is 16.0. The van der Waals surface area contributed by atoms with Gasteiger partial charge in [-0.05, 0) is 49.2 Å². The Balaban J connectivity index is 1.76. The number of fused-ring (bicyclic) bond motifs is 2. The van der Waals surface area contributed by atoms with E-state index in [1.165, 1.54) is 12.8 Å². The molecular formula is C20H16N4O. The molecule has 4 aromatic rings. The highest BCUT2D eigenvalue weighted by atomic mass is 16.5. The van der Waals surface area contributed by atoms with Crippen LogP contribution in [0.5, 0.6) is 5.75 Å². The molecule has 0 radical (unpaired) electrons. The molecule has 5 heteroatoms. The standard InChI is InChI=1S/C20H16N4O/c1-25-19-7-6-18(16-12-24(15-3-4-15)22-20(16)19)23-9-8-14-10-13(11-21)2-5-17(14)23/h2,5-10,12,15H,3-4H2,1H3. The van der Waals surface area contributed by atoms with Crippen LogP contribution in [0.2, 0.25) is 0 Å². The Morgan fingerprint density at radius 3 is 2.84 bits per heavy atom. The van der Waals surface area contributed by atoms with Crippen molar-refractivity contribution < 1.29 is 4.74 Å². The summed E-state index contributed by atoms with van der Waals surface area (Å²) in [6.45, 7) is 0. The van der Waals surface area contributed by atoms with Crippen molar-refractivity contribution in [1.82, 2.24) is 14.3 Å². The van der Waals surface area contributed by atoms with Crippen LogP contribution in [0.4, 0.5) is 0 Å². The van der Waals surface area contributed by atoms with Gasteiger partial charge in [0.2, 0.25) is 0 Å². The molecule has 0 amide bonds. The minimum Gasteiger partial charge on any atom is -0.494 e. The van der Waals surface area contributed by atoms with E-state index in [2.05, 4.69) is 27.6 Å². The highest BCUT2D eigenvalue weighted by molar-refractivity contribution is 5.94. The molecule has 1 aliphatic rings. The van der Waals surface area contributed by atoms with E-state index in [0.29, 0.717) is 11.6 Å². The first-order valence-electron chi connectivity index (χ1n) is 8.36. The van der Waals surface area contributed by atoms with Crippen molar-refractivity contribution in [3.8, 4) is 17.5 Å². The zero-order valence-electron chi connectivity index (χ0n) is 13.8. The summed E-state index contributed by atoms with van der Waals surface area (Å²) in [6.07, 6.45) is 6.55. The Labute approximate surface area is 144 Å². The number of rotatable bonds is 3. The molecule has 25 heavy (non-hydrogen) atoms. The Morgan fingerprint density at radius 1 is 1.20 bits per heavy atom. The Hall–Kier alpha value is -3.26. The maximum Gasteiger partial charge on any atom is 0.147 e. The van der Waals surface area contributed by atoms with Gasteiger partial charge in [-0.3, -0.25) is 4.68 Å². The van der Waals surface area contributed by atoms with Gasteiger partial charge in [0.15, 0.2) is 0 Å². The number of nitrogens with zero attached hydrogens (tertiary/aromatic N) is 4. The number of methoxy groups -OCH3 is 1. The maximum absolute atomic E-state index is 9.10. The topological polar surface area (TPSA) is 55.8 Å². The molecule has 0 aliphatic heterocycles. The molecule has 2 heterocycles. The van der Waals surface area contributed by atoms with Gasteiger partial charge >= 0.3 is 0 Å². The number of ether oxygens (including phenoxy) is 1. The first-order chi connectivity index (χ1) is 12.3. The van der Waals surface area contributed by atoms with E-state index < -0.39 is 0 Å². The van der Waals surface area contributed by atoms with Crippen molar-refractivity contribution in [3.63, 3.8) is 0 Å². The summed E-state index contributed by atoms with van der Waals surface area (Å²) in [6, 6.07) is 14.6. The van der Waals surface area contributed by atoms with E-state index in [-0.39, 0.29) is 0 Å². The first kappa shape index (κ1) is 14.1. The van der Waals surface area contributed by atoms with Gasteiger partial charge in [0.25, 0.3) is 0 Å². The fraction of sp³-hybridized carbons (Fsp3) is 0.200. The van der Waals surface area contributed by atoms with Crippen LogP contribution in [0.15, 0.2) is 48.8 Å². The van der Waals surface area contributed by atoms with Crippen molar-refractivity contribution in [3.05, 3.63) is 54.4 Å².